The second kappa shape index (κ2) is 8.63. The summed E-state index contributed by atoms with van der Waals surface area (Å²) in [5.74, 6) is -0.0214. The minimum Gasteiger partial charge on any atom is -0.481 e. The van der Waals surface area contributed by atoms with E-state index in [1.165, 1.54) is 28.5 Å². The maximum Gasteiger partial charge on any atom is 0.303 e. The van der Waals surface area contributed by atoms with Crippen LogP contribution in [0.2, 0.25) is 0 Å². The van der Waals surface area contributed by atoms with Gasteiger partial charge in [0.2, 0.25) is 0 Å². The van der Waals surface area contributed by atoms with E-state index < -0.39 is 5.97 Å². The molecule has 2 rings (SSSR count). The zero-order chi connectivity index (χ0) is 12.5. The molecule has 0 aromatic heterocycles. The highest BCUT2D eigenvalue weighted by atomic mass is 127. The molecule has 0 spiro atoms. The first-order valence-corrected chi connectivity index (χ1v) is 8.77. The van der Waals surface area contributed by atoms with Crippen molar-refractivity contribution in [1.82, 2.24) is 0 Å². The molecule has 0 atom stereocenters. The van der Waals surface area contributed by atoms with Gasteiger partial charge in [-0.3, -0.25) is 4.79 Å². The van der Waals surface area contributed by atoms with Crippen molar-refractivity contribution < 1.29 is 14.1 Å². The molecule has 0 heterocycles. The summed E-state index contributed by atoms with van der Waals surface area (Å²) in [4.78, 5) is 10.3. The zero-order valence-corrected chi connectivity index (χ0v) is 12.4. The molecule has 1 saturated carbocycles. The molecule has 17 heavy (non-hydrogen) atoms. The lowest BCUT2D eigenvalue weighted by molar-refractivity contribution is -0.136. The molecule has 1 aromatic rings. The van der Waals surface area contributed by atoms with Crippen LogP contribution in [0.4, 0.5) is 0 Å². The molecule has 1 N–H and O–H groups in total. The highest BCUT2D eigenvalue weighted by Gasteiger charge is 2.00. The Morgan fingerprint density at radius 1 is 1.41 bits per heavy atom. The van der Waals surface area contributed by atoms with Gasteiger partial charge >= 0.3 is 5.97 Å². The smallest absolute Gasteiger partial charge is 0.303 e. The molecule has 1 aromatic carbocycles. The quantitative estimate of drug-likeness (QED) is 0.625. The summed E-state index contributed by atoms with van der Waals surface area (Å²) in [5, 5.41) is 8.51. The zero-order valence-electron chi connectivity index (χ0n) is 9.39. The van der Waals surface area contributed by atoms with Gasteiger partial charge in [0.15, 0.2) is 0 Å². The molecule has 5 heteroatoms. The molecule has 0 bridgehead atoms. The van der Waals surface area contributed by atoms with Crippen molar-refractivity contribution in [3.63, 3.8) is 0 Å². The Hall–Kier alpha value is -0.430. The largest absolute Gasteiger partial charge is 0.481 e. The van der Waals surface area contributed by atoms with Crippen molar-refractivity contribution in [2.45, 2.75) is 32.1 Å². The molecule has 94 valence electrons. The van der Waals surface area contributed by atoms with Gasteiger partial charge in [-0.2, -0.15) is 0 Å². The van der Waals surface area contributed by atoms with Crippen molar-refractivity contribution in [3.8, 4) is 5.75 Å². The van der Waals surface area contributed by atoms with E-state index in [1.807, 2.05) is 45.5 Å². The standard InChI is InChI=1S/C9H9IO3S.C3H6/c10-14-13-8-3-1-2-7(6-8)4-5-9(11)12;1-2-3-1/h1-3,6H,4-5H2,(H,11,12);1-3H2. The number of hydrogen-bond acceptors (Lipinski definition) is 3. The molecule has 1 aliphatic carbocycles. The molecule has 0 saturated heterocycles. The number of carboxylic acid groups (broad SMARTS) is 1. The Kier molecular flexibility index (Phi) is 7.43. The molecular formula is C12H15IO3S. The fourth-order valence-corrected chi connectivity index (χ4v) is 1.84. The van der Waals surface area contributed by atoms with E-state index in [1.54, 1.807) is 0 Å². The fourth-order valence-electron chi connectivity index (χ4n) is 1.04. The number of carboxylic acids is 1. The van der Waals surface area contributed by atoms with Gasteiger partial charge in [-0.05, 0) is 24.1 Å². The Morgan fingerprint density at radius 2 is 2.12 bits per heavy atom. The minimum absolute atomic E-state index is 0.154. The second-order valence-electron chi connectivity index (χ2n) is 3.75. The third-order valence-corrected chi connectivity index (χ3v) is 2.80. The van der Waals surface area contributed by atoms with Crippen LogP contribution in [0.15, 0.2) is 24.3 Å². The highest BCUT2D eigenvalue weighted by Crippen LogP contribution is 2.22. The van der Waals surface area contributed by atoms with Gasteiger partial charge in [0.05, 0.1) is 0 Å². The van der Waals surface area contributed by atoms with Crippen LogP contribution < -0.4 is 4.18 Å². The third-order valence-electron chi connectivity index (χ3n) is 2.01. The first-order chi connectivity index (χ1) is 8.22. The van der Waals surface area contributed by atoms with Crippen LogP contribution in [-0.2, 0) is 11.2 Å². The molecule has 1 fully saturated rings. The summed E-state index contributed by atoms with van der Waals surface area (Å²) < 4.78 is 5.21. The van der Waals surface area contributed by atoms with Crippen LogP contribution in [0.3, 0.4) is 0 Å². The topological polar surface area (TPSA) is 46.5 Å². The molecule has 0 radical (unpaired) electrons. The van der Waals surface area contributed by atoms with Crippen LogP contribution in [0, 0.1) is 0 Å². The van der Waals surface area contributed by atoms with Gasteiger partial charge in [-0.15, -0.1) is 0 Å². The van der Waals surface area contributed by atoms with E-state index in [0.717, 1.165) is 11.3 Å². The van der Waals surface area contributed by atoms with E-state index in [-0.39, 0.29) is 6.42 Å². The summed E-state index contributed by atoms with van der Waals surface area (Å²) in [6, 6.07) is 7.46. The lowest BCUT2D eigenvalue weighted by Crippen LogP contribution is -1.97. The van der Waals surface area contributed by atoms with E-state index >= 15 is 0 Å². The Balaban J connectivity index is 0.000000415. The van der Waals surface area contributed by atoms with Crippen molar-refractivity contribution in [3.05, 3.63) is 29.8 Å². The maximum atomic E-state index is 10.3. The number of hydrogen-bond donors (Lipinski definition) is 1. The predicted octanol–water partition coefficient (Wildman–Crippen LogP) is 4.25. The lowest BCUT2D eigenvalue weighted by Gasteiger charge is -2.02. The van der Waals surface area contributed by atoms with Crippen molar-refractivity contribution >= 4 is 36.4 Å². The van der Waals surface area contributed by atoms with Gasteiger partial charge in [-0.1, -0.05) is 31.4 Å². The van der Waals surface area contributed by atoms with Gasteiger partial charge in [-0.25, -0.2) is 0 Å². The van der Waals surface area contributed by atoms with Gasteiger partial charge in [0, 0.05) is 27.6 Å². The average Bonchev–Trinajstić information content (AvgIpc) is 3.15. The number of rotatable bonds is 5. The number of benzene rings is 1. The monoisotopic (exact) mass is 366 g/mol. The molecule has 3 nitrogen and oxygen atoms in total. The Labute approximate surface area is 118 Å². The van der Waals surface area contributed by atoms with E-state index in [4.69, 9.17) is 9.29 Å². The van der Waals surface area contributed by atoms with Crippen LogP contribution in [-0.4, -0.2) is 11.1 Å². The lowest BCUT2D eigenvalue weighted by atomic mass is 10.1. The molecule has 0 aliphatic heterocycles. The first kappa shape index (κ1) is 14.6. The van der Waals surface area contributed by atoms with E-state index in [2.05, 4.69) is 0 Å². The Morgan fingerprint density at radius 3 is 2.65 bits per heavy atom. The number of halogens is 1. The van der Waals surface area contributed by atoms with Crippen LogP contribution in [0.1, 0.15) is 31.2 Å². The third kappa shape index (κ3) is 8.31. The molecule has 1 aliphatic rings. The van der Waals surface area contributed by atoms with Crippen molar-refractivity contribution in [2.24, 2.45) is 0 Å². The second-order valence-corrected chi connectivity index (χ2v) is 5.12. The molecule has 0 unspecified atom stereocenters. The predicted molar refractivity (Wildman–Crippen MR) is 78.5 cm³/mol. The SMILES string of the molecule is C1CC1.O=C(O)CCc1cccc(OSI)c1. The maximum absolute atomic E-state index is 10.3. The summed E-state index contributed by atoms with van der Waals surface area (Å²) in [7, 11) is 1.24. The summed E-state index contributed by atoms with van der Waals surface area (Å²) >= 11 is 2.03. The molecule has 0 amide bonds. The van der Waals surface area contributed by atoms with Crippen LogP contribution >= 0.6 is 30.4 Å². The number of aliphatic carboxylic acids is 1. The van der Waals surface area contributed by atoms with Gasteiger partial charge in [0.25, 0.3) is 0 Å². The molecular weight excluding hydrogens is 351 g/mol. The number of aryl methyl sites for hydroxylation is 1. The summed E-state index contributed by atoms with van der Waals surface area (Å²) in [6.45, 7) is 0. The summed E-state index contributed by atoms with van der Waals surface area (Å²) in [5.41, 5.74) is 0.982. The van der Waals surface area contributed by atoms with Crippen molar-refractivity contribution in [1.29, 1.82) is 0 Å². The normalized spacial score (nSPS) is 12.3. The van der Waals surface area contributed by atoms with Crippen LogP contribution in [0.5, 0.6) is 5.75 Å². The minimum atomic E-state index is -0.778. The van der Waals surface area contributed by atoms with E-state index in [0.29, 0.717) is 6.42 Å². The Bertz CT molecular complexity index is 353. The number of carbonyl (C=O) groups is 1. The highest BCUT2D eigenvalue weighted by molar-refractivity contribution is 14.2. The van der Waals surface area contributed by atoms with E-state index in [9.17, 15) is 4.79 Å². The fraction of sp³-hybridized carbons (Fsp3) is 0.417. The average molecular weight is 366 g/mol. The summed E-state index contributed by atoms with van der Waals surface area (Å²) in [6.07, 6.45) is 5.19. The van der Waals surface area contributed by atoms with Gasteiger partial charge in [0.1, 0.15) is 15.0 Å². The van der Waals surface area contributed by atoms with Crippen LogP contribution in [0.25, 0.3) is 0 Å². The van der Waals surface area contributed by atoms with Gasteiger partial charge < -0.3 is 9.29 Å². The van der Waals surface area contributed by atoms with Crippen molar-refractivity contribution in [2.75, 3.05) is 0 Å². The first-order valence-electron chi connectivity index (χ1n) is 5.48.